The first kappa shape index (κ1) is 19.0. The molecule has 2 aromatic carbocycles. The predicted octanol–water partition coefficient (Wildman–Crippen LogP) is 1.96. The van der Waals surface area contributed by atoms with Crippen molar-refractivity contribution in [3.63, 3.8) is 0 Å². The number of hydrogen-bond acceptors (Lipinski definition) is 6. The van der Waals surface area contributed by atoms with Crippen LogP contribution < -0.4 is 10.5 Å². The Hall–Kier alpha value is -2.38. The van der Waals surface area contributed by atoms with E-state index in [1.54, 1.807) is 31.2 Å². The van der Waals surface area contributed by atoms with Gasteiger partial charge in [0.2, 0.25) is 9.84 Å². The Balaban J connectivity index is 2.10. The number of sulfone groups is 1. The second kappa shape index (κ2) is 8.64. The average molecular weight is 363 g/mol. The molecule has 0 bridgehead atoms. The summed E-state index contributed by atoms with van der Waals surface area (Å²) in [7, 11) is -3.61. The van der Waals surface area contributed by atoms with Crippen molar-refractivity contribution in [3.05, 3.63) is 54.1 Å². The molecule has 25 heavy (non-hydrogen) atoms. The van der Waals surface area contributed by atoms with Gasteiger partial charge in [-0.15, -0.1) is 0 Å². The maximum absolute atomic E-state index is 12.6. The minimum Gasteiger partial charge on any atom is -0.482 e. The predicted molar refractivity (Wildman–Crippen MR) is 93.2 cm³/mol. The maximum Gasteiger partial charge on any atom is 0.344 e. The van der Waals surface area contributed by atoms with Crippen LogP contribution in [0.25, 0.3) is 0 Å². The van der Waals surface area contributed by atoms with Gasteiger partial charge in [0.05, 0.1) is 16.4 Å². The number of benzene rings is 2. The van der Waals surface area contributed by atoms with Crippen LogP contribution in [0.2, 0.25) is 0 Å². The molecule has 0 atom stereocenters. The molecule has 0 saturated heterocycles. The van der Waals surface area contributed by atoms with E-state index in [-0.39, 0.29) is 23.0 Å². The number of carbonyl (C=O) groups is 1. The highest BCUT2D eigenvalue weighted by Gasteiger charge is 2.17. The molecule has 134 valence electrons. The Morgan fingerprint density at radius 1 is 1.00 bits per heavy atom. The quantitative estimate of drug-likeness (QED) is 0.720. The molecule has 0 radical (unpaired) electrons. The van der Waals surface area contributed by atoms with Gasteiger partial charge in [0.15, 0.2) is 6.61 Å². The zero-order chi connectivity index (χ0) is 18.3. The van der Waals surface area contributed by atoms with Gasteiger partial charge >= 0.3 is 5.97 Å². The highest BCUT2D eigenvalue weighted by atomic mass is 32.2. The number of hydrogen-bond donors (Lipinski definition) is 1. The summed E-state index contributed by atoms with van der Waals surface area (Å²) in [5.41, 5.74) is 6.48. The van der Waals surface area contributed by atoms with Crippen LogP contribution in [0.3, 0.4) is 0 Å². The van der Waals surface area contributed by atoms with E-state index >= 15 is 0 Å². The van der Waals surface area contributed by atoms with Crippen LogP contribution in [0.5, 0.6) is 5.75 Å². The third-order valence-electron chi connectivity index (χ3n) is 3.46. The topological polar surface area (TPSA) is 95.7 Å². The highest BCUT2D eigenvalue weighted by Crippen LogP contribution is 2.23. The molecular weight excluding hydrogens is 342 g/mol. The summed E-state index contributed by atoms with van der Waals surface area (Å²) in [4.78, 5) is 11.6. The summed E-state index contributed by atoms with van der Waals surface area (Å²) in [6.07, 6.45) is 0.701. The molecule has 7 heteroatoms. The molecule has 2 rings (SSSR count). The van der Waals surface area contributed by atoms with Gasteiger partial charge in [-0.25, -0.2) is 13.2 Å². The number of esters is 1. The standard InChI is InChI=1S/C18H21NO5S/c1-2-23-18(20)13-24-15-5-9-17(10-6-15)25(21,22)16-7-3-14(4-8-16)11-12-19/h3-10H,2,11-13,19H2,1H3. The zero-order valence-electron chi connectivity index (χ0n) is 14.0. The fourth-order valence-corrected chi connectivity index (χ4v) is 3.46. The van der Waals surface area contributed by atoms with Gasteiger partial charge < -0.3 is 15.2 Å². The summed E-state index contributed by atoms with van der Waals surface area (Å²) in [5, 5.41) is 0. The Morgan fingerprint density at radius 3 is 2.08 bits per heavy atom. The van der Waals surface area contributed by atoms with E-state index in [1.807, 2.05) is 0 Å². The zero-order valence-corrected chi connectivity index (χ0v) is 14.8. The Kier molecular flexibility index (Phi) is 6.55. The van der Waals surface area contributed by atoms with Crippen molar-refractivity contribution >= 4 is 15.8 Å². The van der Waals surface area contributed by atoms with E-state index in [1.165, 1.54) is 24.3 Å². The molecule has 0 spiro atoms. The summed E-state index contributed by atoms with van der Waals surface area (Å²) in [6, 6.07) is 12.6. The molecule has 0 saturated carbocycles. The van der Waals surface area contributed by atoms with Crippen LogP contribution >= 0.6 is 0 Å². The molecule has 0 aliphatic rings. The lowest BCUT2D eigenvalue weighted by atomic mass is 10.2. The lowest BCUT2D eigenvalue weighted by molar-refractivity contribution is -0.145. The number of nitrogens with two attached hydrogens (primary N) is 1. The summed E-state index contributed by atoms with van der Waals surface area (Å²) < 4.78 is 35.3. The largest absolute Gasteiger partial charge is 0.482 e. The normalized spacial score (nSPS) is 11.1. The molecule has 2 N–H and O–H groups in total. The van der Waals surface area contributed by atoms with Crippen molar-refractivity contribution in [2.75, 3.05) is 19.8 Å². The summed E-state index contributed by atoms with van der Waals surface area (Å²) in [5.74, 6) is -0.0814. The van der Waals surface area contributed by atoms with Gasteiger partial charge in [0.1, 0.15) is 5.75 Å². The average Bonchev–Trinajstić information content (AvgIpc) is 2.61. The third kappa shape index (κ3) is 5.04. The lowest BCUT2D eigenvalue weighted by Gasteiger charge is -2.08. The SMILES string of the molecule is CCOC(=O)COc1ccc(S(=O)(=O)c2ccc(CCN)cc2)cc1. The molecule has 0 fully saturated rings. The number of carbonyl (C=O) groups excluding carboxylic acids is 1. The molecule has 0 heterocycles. The Bertz CT molecular complexity index is 798. The second-order valence-electron chi connectivity index (χ2n) is 5.25. The molecule has 0 aliphatic carbocycles. The molecule has 0 amide bonds. The Labute approximate surface area is 147 Å². The molecule has 0 aliphatic heterocycles. The molecule has 0 aromatic heterocycles. The highest BCUT2D eigenvalue weighted by molar-refractivity contribution is 7.91. The second-order valence-corrected chi connectivity index (χ2v) is 7.20. The van der Waals surface area contributed by atoms with Gasteiger partial charge in [-0.05, 0) is 61.9 Å². The summed E-state index contributed by atoms with van der Waals surface area (Å²) in [6.45, 7) is 2.28. The van der Waals surface area contributed by atoms with Crippen LogP contribution in [0, 0.1) is 0 Å². The van der Waals surface area contributed by atoms with Gasteiger partial charge in [-0.2, -0.15) is 0 Å². The first-order valence-electron chi connectivity index (χ1n) is 7.90. The maximum atomic E-state index is 12.6. The van der Waals surface area contributed by atoms with Crippen LogP contribution in [-0.4, -0.2) is 34.1 Å². The van der Waals surface area contributed by atoms with Crippen LogP contribution in [0.15, 0.2) is 58.3 Å². The van der Waals surface area contributed by atoms with Crippen molar-refractivity contribution in [1.29, 1.82) is 0 Å². The van der Waals surface area contributed by atoms with Crippen LogP contribution in [0.4, 0.5) is 0 Å². The van der Waals surface area contributed by atoms with Crippen molar-refractivity contribution < 1.29 is 22.7 Å². The van der Waals surface area contributed by atoms with Crippen molar-refractivity contribution in [3.8, 4) is 5.75 Å². The lowest BCUT2D eigenvalue weighted by Crippen LogP contribution is -2.14. The number of rotatable bonds is 8. The van der Waals surface area contributed by atoms with E-state index in [9.17, 15) is 13.2 Å². The first-order chi connectivity index (χ1) is 12.0. The molecule has 0 unspecified atom stereocenters. The van der Waals surface area contributed by atoms with Gasteiger partial charge in [-0.3, -0.25) is 0 Å². The van der Waals surface area contributed by atoms with Crippen molar-refractivity contribution in [1.82, 2.24) is 0 Å². The third-order valence-corrected chi connectivity index (χ3v) is 5.25. The monoisotopic (exact) mass is 363 g/mol. The van der Waals surface area contributed by atoms with Crippen LogP contribution in [0.1, 0.15) is 12.5 Å². The molecule has 2 aromatic rings. The van der Waals surface area contributed by atoms with Crippen molar-refractivity contribution in [2.24, 2.45) is 5.73 Å². The number of ether oxygens (including phenoxy) is 2. The molecular formula is C18H21NO5S. The Morgan fingerprint density at radius 2 is 1.56 bits per heavy atom. The van der Waals surface area contributed by atoms with E-state index in [2.05, 4.69) is 0 Å². The van der Waals surface area contributed by atoms with Gasteiger partial charge in [-0.1, -0.05) is 12.1 Å². The van der Waals surface area contributed by atoms with E-state index in [0.29, 0.717) is 18.7 Å². The van der Waals surface area contributed by atoms with Gasteiger partial charge in [0.25, 0.3) is 0 Å². The summed E-state index contributed by atoms with van der Waals surface area (Å²) >= 11 is 0. The fraction of sp³-hybridized carbons (Fsp3) is 0.278. The molecule has 6 nitrogen and oxygen atoms in total. The first-order valence-corrected chi connectivity index (χ1v) is 9.38. The fourth-order valence-electron chi connectivity index (χ4n) is 2.20. The van der Waals surface area contributed by atoms with E-state index < -0.39 is 15.8 Å². The van der Waals surface area contributed by atoms with Crippen LogP contribution in [-0.2, 0) is 25.8 Å². The van der Waals surface area contributed by atoms with E-state index in [0.717, 1.165) is 5.56 Å². The minimum atomic E-state index is -3.61. The van der Waals surface area contributed by atoms with Gasteiger partial charge in [0, 0.05) is 0 Å². The van der Waals surface area contributed by atoms with Crippen molar-refractivity contribution in [2.45, 2.75) is 23.1 Å². The minimum absolute atomic E-state index is 0.155. The smallest absolute Gasteiger partial charge is 0.344 e. The van der Waals surface area contributed by atoms with E-state index in [4.69, 9.17) is 15.2 Å².